The largest absolute Gasteiger partial charge is 0.373 e. The van der Waals surface area contributed by atoms with Crippen LogP contribution < -0.4 is 0 Å². The summed E-state index contributed by atoms with van der Waals surface area (Å²) in [5.74, 6) is 0. The quantitative estimate of drug-likeness (QED) is 0.111. The minimum atomic E-state index is -2.24. The Morgan fingerprint density at radius 2 is 1.58 bits per heavy atom. The number of rotatable bonds is 14. The average molecular weight is 428 g/mol. The first-order valence-electron chi connectivity index (χ1n) is 11.7. The molecule has 0 radical (unpaired) electrons. The first-order valence-corrected chi connectivity index (χ1v) is 11.7. The van der Waals surface area contributed by atoms with Gasteiger partial charge in [0.05, 0.1) is 10.6 Å². The summed E-state index contributed by atoms with van der Waals surface area (Å²) < 4.78 is 0. The van der Waals surface area contributed by atoms with Gasteiger partial charge in [0.2, 0.25) is 0 Å². The molecule has 0 aliphatic heterocycles. The zero-order chi connectivity index (χ0) is 22.5. The predicted octanol–water partition coefficient (Wildman–Crippen LogP) is 7.30. The number of nitrogens with zero attached hydrogens (tertiary/aromatic N) is 3. The summed E-state index contributed by atoms with van der Waals surface area (Å²) in [6.45, 7) is 4.11. The second-order valence-corrected chi connectivity index (χ2v) is 8.49. The lowest BCUT2D eigenvalue weighted by Gasteiger charge is -2.29. The van der Waals surface area contributed by atoms with E-state index in [1.807, 2.05) is 25.1 Å². The van der Waals surface area contributed by atoms with Gasteiger partial charge in [-0.25, -0.2) is 0 Å². The van der Waals surface area contributed by atoms with Crippen LogP contribution in [0.5, 0.6) is 0 Å². The Kier molecular flexibility index (Phi) is 10.6. The van der Waals surface area contributed by atoms with Crippen LogP contribution in [0.2, 0.25) is 0 Å². The molecule has 0 heterocycles. The second kappa shape index (κ2) is 13.2. The van der Waals surface area contributed by atoms with Crippen molar-refractivity contribution in [1.82, 2.24) is 0 Å². The molecule has 0 spiro atoms. The number of benzene rings is 1. The molecule has 6 nitrogen and oxygen atoms in total. The van der Waals surface area contributed by atoms with Crippen molar-refractivity contribution in [1.29, 1.82) is 0 Å². The van der Waals surface area contributed by atoms with Gasteiger partial charge in [0.1, 0.15) is 0 Å². The third kappa shape index (κ3) is 7.69. The molecule has 6 heteroatoms. The van der Waals surface area contributed by atoms with Crippen LogP contribution in [0.1, 0.15) is 84.5 Å². The Labute approximate surface area is 186 Å². The number of allylic oxidation sites excluding steroid dienone is 2. The summed E-state index contributed by atoms with van der Waals surface area (Å²) in [5, 5.41) is 31.2. The van der Waals surface area contributed by atoms with Gasteiger partial charge >= 0.3 is 5.72 Å². The molecule has 2 rings (SSSR count). The third-order valence-corrected chi connectivity index (χ3v) is 5.84. The van der Waals surface area contributed by atoms with Crippen molar-refractivity contribution in [3.05, 3.63) is 63.7 Å². The first-order chi connectivity index (χ1) is 15.0. The van der Waals surface area contributed by atoms with Crippen LogP contribution in [0.15, 0.2) is 63.9 Å². The maximum Gasteiger partial charge on any atom is 0.373 e. The van der Waals surface area contributed by atoms with Crippen LogP contribution in [0.3, 0.4) is 0 Å². The van der Waals surface area contributed by atoms with Gasteiger partial charge in [-0.3, -0.25) is 10.1 Å². The molecule has 0 saturated carbocycles. The summed E-state index contributed by atoms with van der Waals surface area (Å²) in [4.78, 5) is 11.3. The van der Waals surface area contributed by atoms with Crippen LogP contribution in [-0.2, 0) is 0 Å². The standard InChI is InChI=1S/C25H37N3O3/c1-3-4-5-6-7-8-9-10-11-13-16-22-19-21(2)20-24(25(22,29)28(30)31)27-26-23-17-14-12-15-18-23/h12,14-15,17-20,24,29H,3-11,13,16H2,1-2H3. The fraction of sp³-hybridized carbons (Fsp3) is 0.600. The molecule has 1 aliphatic rings. The maximum absolute atomic E-state index is 11.9. The Hall–Kier alpha value is -2.34. The molecule has 1 aliphatic carbocycles. The Bertz CT molecular complexity index is 773. The molecule has 1 N–H and O–H groups in total. The van der Waals surface area contributed by atoms with Crippen molar-refractivity contribution < 1.29 is 10.0 Å². The molecule has 0 bridgehead atoms. The Balaban J connectivity index is 1.89. The van der Waals surface area contributed by atoms with E-state index in [2.05, 4.69) is 17.2 Å². The number of azo groups is 1. The normalized spacial score (nSPS) is 21.2. The van der Waals surface area contributed by atoms with E-state index in [1.165, 1.54) is 44.9 Å². The molecule has 2 unspecified atom stereocenters. The number of nitro groups is 1. The fourth-order valence-electron chi connectivity index (χ4n) is 4.01. The summed E-state index contributed by atoms with van der Waals surface area (Å²) in [6, 6.07) is 8.03. The highest BCUT2D eigenvalue weighted by Gasteiger charge is 2.53. The van der Waals surface area contributed by atoms with Gasteiger partial charge in [-0.2, -0.15) is 10.2 Å². The molecule has 0 saturated heterocycles. The number of hydrogen-bond donors (Lipinski definition) is 1. The molecular formula is C25H37N3O3. The smallest absolute Gasteiger partial charge is 0.325 e. The molecule has 1 aromatic carbocycles. The molecule has 0 fully saturated rings. The first kappa shape index (κ1) is 24.9. The van der Waals surface area contributed by atoms with Crippen molar-refractivity contribution in [2.24, 2.45) is 10.2 Å². The van der Waals surface area contributed by atoms with E-state index >= 15 is 0 Å². The molecule has 170 valence electrons. The van der Waals surface area contributed by atoms with Crippen molar-refractivity contribution >= 4 is 5.69 Å². The molecule has 2 atom stereocenters. The van der Waals surface area contributed by atoms with E-state index in [1.54, 1.807) is 24.3 Å². The summed E-state index contributed by atoms with van der Waals surface area (Å²) in [7, 11) is 0. The molecule has 1 aromatic rings. The summed E-state index contributed by atoms with van der Waals surface area (Å²) >= 11 is 0. The van der Waals surface area contributed by atoms with Gasteiger partial charge in [0.25, 0.3) is 0 Å². The van der Waals surface area contributed by atoms with Gasteiger partial charge in [0, 0.05) is 5.57 Å². The van der Waals surface area contributed by atoms with E-state index in [0.717, 1.165) is 24.8 Å². The highest BCUT2D eigenvalue weighted by Crippen LogP contribution is 2.35. The monoisotopic (exact) mass is 427 g/mol. The van der Waals surface area contributed by atoms with Crippen LogP contribution in [0.25, 0.3) is 0 Å². The van der Waals surface area contributed by atoms with Crippen molar-refractivity contribution in [2.45, 2.75) is 96.2 Å². The van der Waals surface area contributed by atoms with Crippen LogP contribution in [0, 0.1) is 10.1 Å². The van der Waals surface area contributed by atoms with E-state index in [9.17, 15) is 15.2 Å². The van der Waals surface area contributed by atoms with Crippen LogP contribution in [-0.4, -0.2) is 21.8 Å². The van der Waals surface area contributed by atoms with E-state index < -0.39 is 16.7 Å². The number of aliphatic hydroxyl groups is 1. The minimum Gasteiger partial charge on any atom is -0.325 e. The predicted molar refractivity (Wildman–Crippen MR) is 125 cm³/mol. The SMILES string of the molecule is CCCCCCCCCCCCC1=CC(C)=CC(N=Nc2ccccc2)C1(O)[N+](=O)[O-]. The highest BCUT2D eigenvalue weighted by atomic mass is 16.7. The van der Waals surface area contributed by atoms with Crippen molar-refractivity contribution in [3.63, 3.8) is 0 Å². The van der Waals surface area contributed by atoms with E-state index in [4.69, 9.17) is 0 Å². The van der Waals surface area contributed by atoms with Gasteiger partial charge in [-0.05, 0) is 38.0 Å². The minimum absolute atomic E-state index is 0.425. The average Bonchev–Trinajstić information content (AvgIpc) is 2.76. The Morgan fingerprint density at radius 3 is 2.16 bits per heavy atom. The lowest BCUT2D eigenvalue weighted by molar-refractivity contribution is -0.613. The second-order valence-electron chi connectivity index (χ2n) is 8.49. The zero-order valence-corrected chi connectivity index (χ0v) is 19.0. The van der Waals surface area contributed by atoms with E-state index in [-0.39, 0.29) is 0 Å². The lowest BCUT2D eigenvalue weighted by Crippen LogP contribution is -2.50. The highest BCUT2D eigenvalue weighted by molar-refractivity contribution is 5.37. The van der Waals surface area contributed by atoms with Gasteiger partial charge < -0.3 is 5.11 Å². The third-order valence-electron chi connectivity index (χ3n) is 5.84. The summed E-state index contributed by atoms with van der Waals surface area (Å²) in [5.41, 5.74) is -0.346. The maximum atomic E-state index is 11.9. The van der Waals surface area contributed by atoms with Crippen molar-refractivity contribution in [2.75, 3.05) is 0 Å². The van der Waals surface area contributed by atoms with Crippen molar-refractivity contribution in [3.8, 4) is 0 Å². The molecular weight excluding hydrogens is 390 g/mol. The Morgan fingerprint density at radius 1 is 1.00 bits per heavy atom. The number of unbranched alkanes of at least 4 members (excludes halogenated alkanes) is 9. The topological polar surface area (TPSA) is 88.1 Å². The van der Waals surface area contributed by atoms with E-state index in [0.29, 0.717) is 17.7 Å². The van der Waals surface area contributed by atoms with Gasteiger partial charge in [0.15, 0.2) is 6.04 Å². The summed E-state index contributed by atoms with van der Waals surface area (Å²) in [6.07, 6.45) is 15.8. The zero-order valence-electron chi connectivity index (χ0n) is 19.0. The lowest BCUT2D eigenvalue weighted by atomic mass is 9.85. The number of hydrogen-bond acceptors (Lipinski definition) is 5. The molecule has 31 heavy (non-hydrogen) atoms. The molecule has 0 aromatic heterocycles. The van der Waals surface area contributed by atoms with Gasteiger partial charge in [-0.1, -0.05) is 94.6 Å². The fourth-order valence-corrected chi connectivity index (χ4v) is 4.01. The van der Waals surface area contributed by atoms with Crippen LogP contribution >= 0.6 is 0 Å². The molecule has 0 amide bonds. The van der Waals surface area contributed by atoms with Crippen LogP contribution in [0.4, 0.5) is 5.69 Å². The van der Waals surface area contributed by atoms with Gasteiger partial charge in [-0.15, -0.1) is 0 Å².